The van der Waals surface area contributed by atoms with Gasteiger partial charge in [0.25, 0.3) is 0 Å². The second kappa shape index (κ2) is 6.62. The molecule has 0 aliphatic carbocycles. The number of hydrogen-bond acceptors (Lipinski definition) is 3. The Bertz CT molecular complexity index is 397. The number of carbonyl (C=O) groups excluding carboxylic acids is 1. The standard InChI is InChI=1S/C14H24F3N3O2/c1-11-8-19(5-6-20(11)10-14(15,16)17)12(21)18-9-13(2)4-3-7-22-13/h11H,3-10H2,1-2H3,(H,18,21)/t11-,13+/m0/s1. The number of piperazine rings is 1. The summed E-state index contributed by atoms with van der Waals surface area (Å²) in [5.74, 6) is 0. The maximum absolute atomic E-state index is 12.5. The zero-order chi connectivity index (χ0) is 16.4. The second-order valence-electron chi connectivity index (χ2n) is 6.44. The van der Waals surface area contributed by atoms with Crippen LogP contribution in [0.3, 0.4) is 0 Å². The number of hydrogen-bond donors (Lipinski definition) is 1. The van der Waals surface area contributed by atoms with Crippen LogP contribution >= 0.6 is 0 Å². The molecule has 2 amide bonds. The van der Waals surface area contributed by atoms with Gasteiger partial charge in [0.15, 0.2) is 0 Å². The van der Waals surface area contributed by atoms with Crippen LogP contribution in [0.5, 0.6) is 0 Å². The van der Waals surface area contributed by atoms with E-state index in [9.17, 15) is 18.0 Å². The number of rotatable bonds is 3. The van der Waals surface area contributed by atoms with Crippen LogP contribution in [0, 0.1) is 0 Å². The molecule has 5 nitrogen and oxygen atoms in total. The van der Waals surface area contributed by atoms with E-state index in [-0.39, 0.29) is 24.2 Å². The lowest BCUT2D eigenvalue weighted by Crippen LogP contribution is -2.58. The van der Waals surface area contributed by atoms with Gasteiger partial charge in [-0.2, -0.15) is 13.2 Å². The first kappa shape index (κ1) is 17.3. The number of amides is 2. The lowest BCUT2D eigenvalue weighted by atomic mass is 10.0. The van der Waals surface area contributed by atoms with E-state index < -0.39 is 12.7 Å². The molecular weight excluding hydrogens is 299 g/mol. The van der Waals surface area contributed by atoms with Gasteiger partial charge in [-0.15, -0.1) is 0 Å². The number of nitrogens with zero attached hydrogens (tertiary/aromatic N) is 2. The van der Waals surface area contributed by atoms with Crippen molar-refractivity contribution in [3.05, 3.63) is 0 Å². The predicted octanol–water partition coefficient (Wildman–Crippen LogP) is 1.83. The number of halogens is 3. The molecule has 0 saturated carbocycles. The number of carbonyl (C=O) groups is 1. The van der Waals surface area contributed by atoms with Gasteiger partial charge in [0, 0.05) is 38.8 Å². The highest BCUT2D eigenvalue weighted by atomic mass is 19.4. The normalized spacial score (nSPS) is 30.6. The van der Waals surface area contributed by atoms with Gasteiger partial charge in [-0.1, -0.05) is 0 Å². The molecule has 2 aliphatic heterocycles. The average Bonchev–Trinajstić information content (AvgIpc) is 2.84. The predicted molar refractivity (Wildman–Crippen MR) is 75.7 cm³/mol. The summed E-state index contributed by atoms with van der Waals surface area (Å²) >= 11 is 0. The highest BCUT2D eigenvalue weighted by Crippen LogP contribution is 2.24. The first-order valence-electron chi connectivity index (χ1n) is 7.66. The quantitative estimate of drug-likeness (QED) is 0.862. The zero-order valence-electron chi connectivity index (χ0n) is 13.1. The Balaban J connectivity index is 1.78. The highest BCUT2D eigenvalue weighted by molar-refractivity contribution is 5.74. The Labute approximate surface area is 128 Å². The minimum Gasteiger partial charge on any atom is -0.373 e. The number of ether oxygens (including phenoxy) is 1. The van der Waals surface area contributed by atoms with Gasteiger partial charge in [-0.25, -0.2) is 4.79 Å². The maximum Gasteiger partial charge on any atom is 0.401 e. The highest BCUT2D eigenvalue weighted by Gasteiger charge is 2.36. The van der Waals surface area contributed by atoms with Gasteiger partial charge in [0.2, 0.25) is 0 Å². The van der Waals surface area contributed by atoms with Gasteiger partial charge in [0.1, 0.15) is 0 Å². The van der Waals surface area contributed by atoms with Crippen molar-refractivity contribution in [2.24, 2.45) is 0 Å². The molecule has 2 saturated heterocycles. The van der Waals surface area contributed by atoms with Gasteiger partial charge in [0.05, 0.1) is 12.1 Å². The van der Waals surface area contributed by atoms with E-state index in [0.29, 0.717) is 26.2 Å². The largest absolute Gasteiger partial charge is 0.401 e. The molecule has 2 fully saturated rings. The van der Waals surface area contributed by atoms with Crippen molar-refractivity contribution in [2.75, 3.05) is 39.3 Å². The third kappa shape index (κ3) is 4.74. The minimum atomic E-state index is -4.20. The molecule has 2 rings (SSSR count). The molecule has 8 heteroatoms. The summed E-state index contributed by atoms with van der Waals surface area (Å²) in [6.07, 6.45) is -2.31. The molecule has 0 aromatic heterocycles. The van der Waals surface area contributed by atoms with Crippen molar-refractivity contribution in [1.82, 2.24) is 15.1 Å². The lowest BCUT2D eigenvalue weighted by molar-refractivity contribution is -0.153. The van der Waals surface area contributed by atoms with Crippen LogP contribution in [0.1, 0.15) is 26.7 Å². The summed E-state index contributed by atoms with van der Waals surface area (Å²) in [6, 6.07) is -0.533. The number of urea groups is 1. The van der Waals surface area contributed by atoms with Crippen LogP contribution in [0.2, 0.25) is 0 Å². The van der Waals surface area contributed by atoms with E-state index in [1.807, 2.05) is 6.92 Å². The molecule has 128 valence electrons. The molecule has 0 aromatic rings. The smallest absolute Gasteiger partial charge is 0.373 e. The molecule has 2 aliphatic rings. The van der Waals surface area contributed by atoms with E-state index in [2.05, 4.69) is 5.32 Å². The van der Waals surface area contributed by atoms with Crippen LogP contribution in [-0.4, -0.2) is 73.0 Å². The van der Waals surface area contributed by atoms with Gasteiger partial charge in [-0.3, -0.25) is 4.90 Å². The van der Waals surface area contributed by atoms with E-state index in [4.69, 9.17) is 4.74 Å². The fraction of sp³-hybridized carbons (Fsp3) is 0.929. The van der Waals surface area contributed by atoms with E-state index in [1.54, 1.807) is 11.8 Å². The van der Waals surface area contributed by atoms with Crippen LogP contribution < -0.4 is 5.32 Å². The van der Waals surface area contributed by atoms with Gasteiger partial charge in [-0.05, 0) is 26.7 Å². The third-order valence-electron chi connectivity index (χ3n) is 4.35. The Hall–Kier alpha value is -1.02. The van der Waals surface area contributed by atoms with Crippen LogP contribution in [0.4, 0.5) is 18.0 Å². The van der Waals surface area contributed by atoms with Crippen molar-refractivity contribution in [2.45, 2.75) is 44.5 Å². The Morgan fingerprint density at radius 2 is 2.14 bits per heavy atom. The monoisotopic (exact) mass is 323 g/mol. The van der Waals surface area contributed by atoms with Crippen molar-refractivity contribution in [3.8, 4) is 0 Å². The first-order chi connectivity index (χ1) is 10.2. The fourth-order valence-electron chi connectivity index (χ4n) is 3.00. The summed E-state index contributed by atoms with van der Waals surface area (Å²) in [7, 11) is 0. The Morgan fingerprint density at radius 3 is 2.68 bits per heavy atom. The van der Waals surface area contributed by atoms with E-state index in [1.165, 1.54) is 4.90 Å². The van der Waals surface area contributed by atoms with Crippen molar-refractivity contribution >= 4 is 6.03 Å². The van der Waals surface area contributed by atoms with E-state index in [0.717, 1.165) is 12.8 Å². The summed E-state index contributed by atoms with van der Waals surface area (Å²) in [5.41, 5.74) is -0.320. The summed E-state index contributed by atoms with van der Waals surface area (Å²) < 4.78 is 43.0. The molecule has 22 heavy (non-hydrogen) atoms. The number of alkyl halides is 3. The van der Waals surface area contributed by atoms with Crippen LogP contribution in [0.15, 0.2) is 0 Å². The molecular formula is C14H24F3N3O2. The topological polar surface area (TPSA) is 44.8 Å². The molecule has 0 bridgehead atoms. The lowest BCUT2D eigenvalue weighted by Gasteiger charge is -2.40. The zero-order valence-corrected chi connectivity index (χ0v) is 13.1. The van der Waals surface area contributed by atoms with Crippen molar-refractivity contribution in [3.63, 3.8) is 0 Å². The summed E-state index contributed by atoms with van der Waals surface area (Å²) in [4.78, 5) is 15.1. The first-order valence-corrected chi connectivity index (χ1v) is 7.66. The molecule has 1 N–H and O–H groups in total. The molecule has 0 unspecified atom stereocenters. The molecule has 0 radical (unpaired) electrons. The average molecular weight is 323 g/mol. The Kier molecular flexibility index (Phi) is 5.21. The molecule has 2 atom stereocenters. The molecule has 0 aromatic carbocycles. The molecule has 2 heterocycles. The van der Waals surface area contributed by atoms with Crippen LogP contribution in [-0.2, 0) is 4.74 Å². The summed E-state index contributed by atoms with van der Waals surface area (Å²) in [6.45, 7) is 4.75. The minimum absolute atomic E-state index is 0.227. The maximum atomic E-state index is 12.5. The van der Waals surface area contributed by atoms with E-state index >= 15 is 0 Å². The second-order valence-corrected chi connectivity index (χ2v) is 6.44. The van der Waals surface area contributed by atoms with Crippen molar-refractivity contribution < 1.29 is 22.7 Å². The SMILES string of the molecule is C[C@H]1CN(C(=O)NC[C@@]2(C)CCCO2)CCN1CC(F)(F)F. The summed E-state index contributed by atoms with van der Waals surface area (Å²) in [5, 5.41) is 2.84. The number of nitrogens with one attached hydrogen (secondary N) is 1. The Morgan fingerprint density at radius 1 is 1.41 bits per heavy atom. The van der Waals surface area contributed by atoms with Gasteiger partial charge < -0.3 is 15.0 Å². The van der Waals surface area contributed by atoms with Crippen molar-refractivity contribution in [1.29, 1.82) is 0 Å². The third-order valence-corrected chi connectivity index (χ3v) is 4.35. The van der Waals surface area contributed by atoms with Gasteiger partial charge >= 0.3 is 12.2 Å². The fourth-order valence-corrected chi connectivity index (χ4v) is 3.00. The molecule has 0 spiro atoms. The van der Waals surface area contributed by atoms with Crippen LogP contribution in [0.25, 0.3) is 0 Å².